The maximum absolute atomic E-state index is 9.47. The van der Waals surface area contributed by atoms with Gasteiger partial charge in [0, 0.05) is 4.90 Å². The van der Waals surface area contributed by atoms with Crippen molar-refractivity contribution in [1.82, 2.24) is 4.98 Å². The van der Waals surface area contributed by atoms with Crippen molar-refractivity contribution in [2.24, 2.45) is 0 Å². The molecule has 1 aromatic heterocycles. The zero-order valence-electron chi connectivity index (χ0n) is 10.4. The van der Waals surface area contributed by atoms with Crippen LogP contribution in [0.5, 0.6) is 0 Å². The fourth-order valence-corrected chi connectivity index (χ4v) is 2.58. The Balaban J connectivity index is 2.24. The molecule has 18 heavy (non-hydrogen) atoms. The van der Waals surface area contributed by atoms with Crippen LogP contribution in [0.25, 0.3) is 0 Å². The Morgan fingerprint density at radius 3 is 2.61 bits per heavy atom. The van der Waals surface area contributed by atoms with Gasteiger partial charge in [-0.05, 0) is 50.2 Å². The van der Waals surface area contributed by atoms with Crippen molar-refractivity contribution in [3.63, 3.8) is 0 Å². The molecule has 0 aliphatic carbocycles. The number of aryl methyl sites for hydroxylation is 2. The summed E-state index contributed by atoms with van der Waals surface area (Å²) in [4.78, 5) is 5.16. The quantitative estimate of drug-likeness (QED) is 0.919. The van der Waals surface area contributed by atoms with Gasteiger partial charge in [-0.1, -0.05) is 17.7 Å². The van der Waals surface area contributed by atoms with E-state index in [4.69, 9.17) is 16.0 Å². The van der Waals surface area contributed by atoms with E-state index in [0.29, 0.717) is 10.2 Å². The van der Waals surface area contributed by atoms with Crippen LogP contribution in [-0.2, 0) is 0 Å². The number of aliphatic hydroxyl groups is 1. The van der Waals surface area contributed by atoms with Crippen LogP contribution in [0.1, 0.15) is 30.0 Å². The van der Waals surface area contributed by atoms with Crippen LogP contribution in [0.4, 0.5) is 0 Å². The van der Waals surface area contributed by atoms with Crippen LogP contribution in [-0.4, -0.2) is 10.1 Å². The van der Waals surface area contributed by atoms with E-state index < -0.39 is 6.10 Å². The van der Waals surface area contributed by atoms with Crippen LogP contribution in [0, 0.1) is 13.8 Å². The molecule has 0 aliphatic rings. The lowest BCUT2D eigenvalue weighted by molar-refractivity contribution is 0.199. The second-order valence-corrected chi connectivity index (χ2v) is 5.49. The lowest BCUT2D eigenvalue weighted by Crippen LogP contribution is -1.90. The monoisotopic (exact) mass is 283 g/mol. The second kappa shape index (κ2) is 5.34. The van der Waals surface area contributed by atoms with E-state index in [2.05, 4.69) is 4.98 Å². The fraction of sp³-hybridized carbons (Fsp3) is 0.308. The van der Waals surface area contributed by atoms with Crippen LogP contribution in [0.3, 0.4) is 0 Å². The molecule has 0 bridgehead atoms. The first-order valence-corrected chi connectivity index (χ1v) is 6.76. The zero-order valence-corrected chi connectivity index (χ0v) is 12.0. The minimum atomic E-state index is -0.521. The van der Waals surface area contributed by atoms with Crippen LogP contribution >= 0.6 is 23.4 Å². The third-order valence-electron chi connectivity index (χ3n) is 2.64. The minimum absolute atomic E-state index is 0.521. The van der Waals surface area contributed by atoms with Crippen molar-refractivity contribution < 1.29 is 9.52 Å². The molecule has 3 nitrogen and oxygen atoms in total. The number of benzene rings is 1. The number of hydrogen-bond donors (Lipinski definition) is 1. The molecule has 0 aliphatic heterocycles. The molecule has 0 unspecified atom stereocenters. The number of hydrogen-bond acceptors (Lipinski definition) is 4. The number of oxazole rings is 1. The molecule has 1 aromatic carbocycles. The Bertz CT molecular complexity index is 547. The smallest absolute Gasteiger partial charge is 0.261 e. The first kappa shape index (κ1) is 13.5. The first-order valence-electron chi connectivity index (χ1n) is 5.56. The molecule has 0 amide bonds. The molecule has 0 saturated heterocycles. The molecule has 2 rings (SSSR count). The van der Waals surface area contributed by atoms with E-state index >= 15 is 0 Å². The van der Waals surface area contributed by atoms with E-state index in [1.165, 1.54) is 11.8 Å². The normalized spacial score (nSPS) is 12.7. The van der Waals surface area contributed by atoms with Crippen LogP contribution in [0.2, 0.25) is 5.02 Å². The lowest BCUT2D eigenvalue weighted by atomic mass is 10.1. The number of rotatable bonds is 3. The molecule has 0 radical (unpaired) electrons. The Morgan fingerprint density at radius 2 is 2.11 bits per heavy atom. The molecule has 0 fully saturated rings. The third kappa shape index (κ3) is 2.88. The van der Waals surface area contributed by atoms with E-state index in [1.54, 1.807) is 13.0 Å². The number of aromatic nitrogens is 1. The highest BCUT2D eigenvalue weighted by Gasteiger charge is 2.11. The largest absolute Gasteiger partial charge is 0.436 e. The predicted molar refractivity (Wildman–Crippen MR) is 72.2 cm³/mol. The number of halogens is 1. The van der Waals surface area contributed by atoms with Gasteiger partial charge < -0.3 is 9.52 Å². The summed E-state index contributed by atoms with van der Waals surface area (Å²) in [7, 11) is 0. The Kier molecular flexibility index (Phi) is 4.00. The van der Waals surface area contributed by atoms with Crippen LogP contribution in [0.15, 0.2) is 32.7 Å². The van der Waals surface area contributed by atoms with Crippen molar-refractivity contribution in [3.8, 4) is 0 Å². The molecular formula is C13H14ClNO2S. The number of aliphatic hydroxyl groups excluding tert-OH is 1. The molecule has 2 aromatic rings. The summed E-state index contributed by atoms with van der Waals surface area (Å²) >= 11 is 7.55. The summed E-state index contributed by atoms with van der Waals surface area (Å²) in [5, 5.41) is 10.6. The second-order valence-electron chi connectivity index (χ2n) is 4.09. The third-order valence-corrected chi connectivity index (χ3v) is 3.99. The Labute approximate surface area is 115 Å². The maximum Gasteiger partial charge on any atom is 0.261 e. The van der Waals surface area contributed by atoms with Gasteiger partial charge >= 0.3 is 0 Å². The number of nitrogens with zero attached hydrogens (tertiary/aromatic N) is 1. The van der Waals surface area contributed by atoms with Crippen molar-refractivity contribution in [1.29, 1.82) is 0 Å². The molecule has 0 spiro atoms. The summed E-state index contributed by atoms with van der Waals surface area (Å²) in [6.45, 7) is 5.49. The van der Waals surface area contributed by atoms with Gasteiger partial charge in [0.05, 0.1) is 16.8 Å². The van der Waals surface area contributed by atoms with Crippen molar-refractivity contribution in [2.75, 3.05) is 0 Å². The topological polar surface area (TPSA) is 46.3 Å². The van der Waals surface area contributed by atoms with Crippen molar-refractivity contribution in [3.05, 3.63) is 40.2 Å². The van der Waals surface area contributed by atoms with Gasteiger partial charge in [-0.3, -0.25) is 0 Å². The average molecular weight is 284 g/mol. The summed E-state index contributed by atoms with van der Waals surface area (Å²) in [6.07, 6.45) is -0.521. The lowest BCUT2D eigenvalue weighted by Gasteiger charge is -2.07. The Morgan fingerprint density at radius 1 is 1.39 bits per heavy atom. The van der Waals surface area contributed by atoms with Gasteiger partial charge in [0.15, 0.2) is 0 Å². The highest BCUT2D eigenvalue weighted by Crippen LogP contribution is 2.34. The average Bonchev–Trinajstić information content (AvgIpc) is 2.61. The van der Waals surface area contributed by atoms with Gasteiger partial charge in [0.1, 0.15) is 5.76 Å². The highest BCUT2D eigenvalue weighted by atomic mass is 35.5. The van der Waals surface area contributed by atoms with Gasteiger partial charge in [0.25, 0.3) is 5.22 Å². The molecular weight excluding hydrogens is 270 g/mol. The molecule has 0 saturated carbocycles. The van der Waals surface area contributed by atoms with Gasteiger partial charge in [-0.25, -0.2) is 4.98 Å². The molecule has 1 heterocycles. The van der Waals surface area contributed by atoms with Gasteiger partial charge in [-0.2, -0.15) is 0 Å². The van der Waals surface area contributed by atoms with Gasteiger partial charge in [-0.15, -0.1) is 0 Å². The molecule has 1 N–H and O–H groups in total. The highest BCUT2D eigenvalue weighted by molar-refractivity contribution is 7.99. The van der Waals surface area contributed by atoms with Crippen molar-refractivity contribution in [2.45, 2.75) is 37.0 Å². The summed E-state index contributed by atoms with van der Waals surface area (Å²) in [6, 6.07) is 5.47. The van der Waals surface area contributed by atoms with Crippen molar-refractivity contribution >= 4 is 23.4 Å². The molecule has 1 atom stereocenters. The summed E-state index contributed by atoms with van der Waals surface area (Å²) < 4.78 is 5.49. The first-order chi connectivity index (χ1) is 8.47. The van der Waals surface area contributed by atoms with E-state index in [0.717, 1.165) is 21.9 Å². The predicted octanol–water partition coefficient (Wildman–Crippen LogP) is 4.15. The zero-order chi connectivity index (χ0) is 13.3. The van der Waals surface area contributed by atoms with E-state index in [-0.39, 0.29) is 0 Å². The summed E-state index contributed by atoms with van der Waals surface area (Å²) in [5.74, 6) is 0.814. The standard InChI is InChI=1S/C13H14ClNO2S/c1-7-9(3)17-13(15-7)18-12-5-4-10(8(2)16)6-11(12)14/h4-6,8,16H,1-3H3/t8-/m0/s1. The molecule has 96 valence electrons. The fourth-order valence-electron chi connectivity index (χ4n) is 1.44. The van der Waals surface area contributed by atoms with Gasteiger partial charge in [0.2, 0.25) is 0 Å². The SMILES string of the molecule is Cc1nc(Sc2ccc([C@H](C)O)cc2Cl)oc1C. The minimum Gasteiger partial charge on any atom is -0.436 e. The maximum atomic E-state index is 9.47. The van der Waals surface area contributed by atoms with E-state index in [1.807, 2.05) is 26.0 Å². The van der Waals surface area contributed by atoms with Crippen LogP contribution < -0.4 is 0 Å². The van der Waals surface area contributed by atoms with E-state index in [9.17, 15) is 5.11 Å². The Hall–Kier alpha value is -0.970. The summed E-state index contributed by atoms with van der Waals surface area (Å²) in [5.41, 5.74) is 1.68. The molecule has 5 heteroatoms.